The van der Waals surface area contributed by atoms with E-state index < -0.39 is 0 Å². The topological polar surface area (TPSA) is 111 Å². The molecule has 0 amide bonds. The molecule has 0 aliphatic carbocycles. The number of nitrogens with two attached hydrogens (primary N) is 1. The summed E-state index contributed by atoms with van der Waals surface area (Å²) in [5, 5.41) is 15.3. The maximum Gasteiger partial charge on any atom is 0.262 e. The van der Waals surface area contributed by atoms with Crippen LogP contribution in [0.5, 0.6) is 0 Å². The van der Waals surface area contributed by atoms with Gasteiger partial charge < -0.3 is 15.5 Å². The minimum Gasteiger partial charge on any atom is -0.409 e. The Morgan fingerprint density at radius 1 is 1.61 bits per heavy atom. The van der Waals surface area contributed by atoms with Crippen LogP contribution in [0.2, 0.25) is 0 Å². The number of oxime groups is 1. The number of nitrogens with zero attached hydrogens (tertiary/aromatic N) is 5. The van der Waals surface area contributed by atoms with E-state index in [1.54, 1.807) is 24.0 Å². The molecule has 0 spiro atoms. The molecule has 0 fully saturated rings. The van der Waals surface area contributed by atoms with Gasteiger partial charge in [0, 0.05) is 13.2 Å². The third-order valence-corrected chi connectivity index (χ3v) is 2.52. The highest BCUT2D eigenvalue weighted by Crippen LogP contribution is 1.97. The lowest BCUT2D eigenvalue weighted by atomic mass is 10.2. The summed E-state index contributed by atoms with van der Waals surface area (Å²) in [7, 11) is 1.74. The first kappa shape index (κ1) is 11.8. The standard InChI is InChI=1S/C10H12N6O2/c1-15-8(12-6-13-15)5-16-4-2-3-7(10(16)17)9(11)14-18/h2-4,6,18H,5H2,1H3,(H2,11,14). The summed E-state index contributed by atoms with van der Waals surface area (Å²) < 4.78 is 2.99. The van der Waals surface area contributed by atoms with E-state index in [0.717, 1.165) is 0 Å². The lowest BCUT2D eigenvalue weighted by molar-refractivity contribution is 0.318. The molecule has 0 atom stereocenters. The van der Waals surface area contributed by atoms with Gasteiger partial charge in [-0.05, 0) is 12.1 Å². The molecule has 94 valence electrons. The average Bonchev–Trinajstić information content (AvgIpc) is 2.77. The highest BCUT2D eigenvalue weighted by Gasteiger charge is 2.09. The van der Waals surface area contributed by atoms with Crippen molar-refractivity contribution in [2.75, 3.05) is 0 Å². The number of aromatic nitrogens is 4. The molecule has 3 N–H and O–H groups in total. The van der Waals surface area contributed by atoms with Gasteiger partial charge in [-0.3, -0.25) is 9.48 Å². The van der Waals surface area contributed by atoms with Gasteiger partial charge in [0.2, 0.25) is 0 Å². The molecular weight excluding hydrogens is 236 g/mol. The van der Waals surface area contributed by atoms with Crippen molar-refractivity contribution in [3.8, 4) is 0 Å². The second-order valence-corrected chi connectivity index (χ2v) is 3.64. The molecule has 0 aliphatic rings. The first-order valence-corrected chi connectivity index (χ1v) is 5.13. The van der Waals surface area contributed by atoms with E-state index in [1.807, 2.05) is 0 Å². The molecule has 0 aliphatic heterocycles. The van der Waals surface area contributed by atoms with Gasteiger partial charge in [0.15, 0.2) is 5.84 Å². The second-order valence-electron chi connectivity index (χ2n) is 3.64. The van der Waals surface area contributed by atoms with Crippen LogP contribution in [0.25, 0.3) is 0 Å². The van der Waals surface area contributed by atoms with E-state index in [4.69, 9.17) is 10.9 Å². The van der Waals surface area contributed by atoms with Crippen LogP contribution in [-0.2, 0) is 13.6 Å². The predicted molar refractivity (Wildman–Crippen MR) is 63.3 cm³/mol. The Morgan fingerprint density at radius 2 is 2.39 bits per heavy atom. The summed E-state index contributed by atoms with van der Waals surface area (Å²) in [6.45, 7) is 0.266. The minimum atomic E-state index is -0.351. The Morgan fingerprint density at radius 3 is 3.00 bits per heavy atom. The molecule has 0 aromatic carbocycles. The molecule has 2 rings (SSSR count). The molecule has 18 heavy (non-hydrogen) atoms. The van der Waals surface area contributed by atoms with Crippen molar-refractivity contribution in [1.82, 2.24) is 19.3 Å². The first-order chi connectivity index (χ1) is 8.63. The van der Waals surface area contributed by atoms with Crippen molar-refractivity contribution in [3.63, 3.8) is 0 Å². The van der Waals surface area contributed by atoms with E-state index in [9.17, 15) is 4.79 Å². The largest absolute Gasteiger partial charge is 0.409 e. The number of aryl methyl sites for hydroxylation is 1. The van der Waals surface area contributed by atoms with Crippen molar-refractivity contribution in [1.29, 1.82) is 0 Å². The SMILES string of the molecule is Cn1ncnc1Cn1cccc(/C(N)=N/O)c1=O. The van der Waals surface area contributed by atoms with Crippen LogP contribution >= 0.6 is 0 Å². The Hall–Kier alpha value is -2.64. The van der Waals surface area contributed by atoms with Crippen molar-refractivity contribution in [2.24, 2.45) is 17.9 Å². The maximum atomic E-state index is 12.0. The van der Waals surface area contributed by atoms with Gasteiger partial charge >= 0.3 is 0 Å². The van der Waals surface area contributed by atoms with Crippen LogP contribution < -0.4 is 11.3 Å². The molecule has 0 unspecified atom stereocenters. The third-order valence-electron chi connectivity index (χ3n) is 2.52. The zero-order valence-electron chi connectivity index (χ0n) is 9.69. The van der Waals surface area contributed by atoms with Gasteiger partial charge in [-0.2, -0.15) is 5.10 Å². The van der Waals surface area contributed by atoms with Gasteiger partial charge in [0.1, 0.15) is 12.2 Å². The van der Waals surface area contributed by atoms with Crippen LogP contribution in [0.4, 0.5) is 0 Å². The second kappa shape index (κ2) is 4.70. The molecule has 0 bridgehead atoms. The Bertz CT molecular complexity index is 642. The maximum absolute atomic E-state index is 12.0. The van der Waals surface area contributed by atoms with Gasteiger partial charge in [-0.1, -0.05) is 5.16 Å². The number of hydrogen-bond donors (Lipinski definition) is 2. The summed E-state index contributed by atoms with van der Waals surface area (Å²) >= 11 is 0. The number of rotatable bonds is 3. The van der Waals surface area contributed by atoms with E-state index >= 15 is 0 Å². The Kier molecular flexibility index (Phi) is 3.09. The molecule has 0 radical (unpaired) electrons. The fraction of sp³-hybridized carbons (Fsp3) is 0.200. The quantitative estimate of drug-likeness (QED) is 0.317. The number of hydrogen-bond acceptors (Lipinski definition) is 5. The first-order valence-electron chi connectivity index (χ1n) is 5.13. The fourth-order valence-electron chi connectivity index (χ4n) is 1.53. The smallest absolute Gasteiger partial charge is 0.262 e. The molecule has 8 heteroatoms. The van der Waals surface area contributed by atoms with Gasteiger partial charge in [0.05, 0.1) is 12.1 Å². The predicted octanol–water partition coefficient (Wildman–Crippen LogP) is -0.880. The molecule has 2 aromatic rings. The van der Waals surface area contributed by atoms with Crippen molar-refractivity contribution in [3.05, 3.63) is 46.4 Å². The minimum absolute atomic E-state index is 0.141. The molecule has 0 saturated heterocycles. The summed E-state index contributed by atoms with van der Waals surface area (Å²) in [6.07, 6.45) is 3.01. The molecule has 8 nitrogen and oxygen atoms in total. The number of amidine groups is 1. The van der Waals surface area contributed by atoms with E-state index in [2.05, 4.69) is 15.2 Å². The summed E-state index contributed by atoms with van der Waals surface area (Å²) in [5.74, 6) is 0.418. The lowest BCUT2D eigenvalue weighted by Crippen LogP contribution is -2.30. The van der Waals surface area contributed by atoms with Crippen LogP contribution in [0, 0.1) is 0 Å². The zero-order chi connectivity index (χ0) is 13.1. The monoisotopic (exact) mass is 248 g/mol. The Balaban J connectivity index is 2.42. The van der Waals surface area contributed by atoms with E-state index in [0.29, 0.717) is 5.82 Å². The van der Waals surface area contributed by atoms with Gasteiger partial charge in [0.25, 0.3) is 5.56 Å². The fourth-order valence-corrected chi connectivity index (χ4v) is 1.53. The Labute approximate surface area is 102 Å². The van der Waals surface area contributed by atoms with Crippen LogP contribution in [0.1, 0.15) is 11.4 Å². The molecular formula is C10H12N6O2. The molecule has 0 saturated carbocycles. The molecule has 2 aromatic heterocycles. The molecule has 2 heterocycles. The van der Waals surface area contributed by atoms with Gasteiger partial charge in [-0.15, -0.1) is 0 Å². The van der Waals surface area contributed by atoms with Crippen LogP contribution in [0.15, 0.2) is 34.6 Å². The zero-order valence-corrected chi connectivity index (χ0v) is 9.69. The van der Waals surface area contributed by atoms with E-state index in [-0.39, 0.29) is 23.5 Å². The average molecular weight is 248 g/mol. The van der Waals surface area contributed by atoms with Crippen molar-refractivity contribution >= 4 is 5.84 Å². The highest BCUT2D eigenvalue weighted by atomic mass is 16.4. The van der Waals surface area contributed by atoms with Crippen LogP contribution in [-0.4, -0.2) is 30.4 Å². The van der Waals surface area contributed by atoms with Crippen molar-refractivity contribution < 1.29 is 5.21 Å². The summed E-state index contributed by atoms with van der Waals surface area (Å²) in [4.78, 5) is 16.1. The van der Waals surface area contributed by atoms with Gasteiger partial charge in [-0.25, -0.2) is 4.98 Å². The summed E-state index contributed by atoms with van der Waals surface area (Å²) in [5.41, 5.74) is 5.21. The van der Waals surface area contributed by atoms with Crippen LogP contribution in [0.3, 0.4) is 0 Å². The highest BCUT2D eigenvalue weighted by molar-refractivity contribution is 5.96. The van der Waals surface area contributed by atoms with E-state index in [1.165, 1.54) is 17.0 Å². The van der Waals surface area contributed by atoms with Crippen molar-refractivity contribution in [2.45, 2.75) is 6.54 Å². The summed E-state index contributed by atoms with van der Waals surface area (Å²) in [6, 6.07) is 3.13. The lowest BCUT2D eigenvalue weighted by Gasteiger charge is -2.06. The third kappa shape index (κ3) is 2.08. The normalized spacial score (nSPS) is 11.7. The number of pyridine rings is 1.